The molecule has 0 heterocycles. The number of carbonyl (C=O) groups is 4. The predicted octanol–water partition coefficient (Wildman–Crippen LogP) is 1.67. The van der Waals surface area contributed by atoms with Crippen molar-refractivity contribution >= 4 is 23.5 Å². The summed E-state index contributed by atoms with van der Waals surface area (Å²) in [5.74, 6) is -3.19. The van der Waals surface area contributed by atoms with Crippen LogP contribution in [0.25, 0.3) is 0 Å². The first kappa shape index (κ1) is 17.8. The molecular formula is C16H20O6. The van der Waals surface area contributed by atoms with E-state index in [2.05, 4.69) is 0 Å². The van der Waals surface area contributed by atoms with Crippen LogP contribution in [-0.4, -0.2) is 35.7 Å². The Bertz CT molecular complexity index is 505. The Balaban J connectivity index is 2.86. The molecule has 2 atom stereocenters. The number of allylic oxidation sites excluding steroid dienone is 2. The molecule has 1 rings (SSSR count). The molecule has 1 aliphatic carbocycles. The van der Waals surface area contributed by atoms with Crippen LogP contribution in [0.2, 0.25) is 0 Å². The largest absolute Gasteiger partial charge is 0.459 e. The molecule has 0 aromatic heterocycles. The van der Waals surface area contributed by atoms with Gasteiger partial charge in [-0.05, 0) is 26.7 Å². The van der Waals surface area contributed by atoms with Crippen molar-refractivity contribution in [2.24, 2.45) is 0 Å². The SMILES string of the molecule is CCC(C)OC(=O)C1=CC(=O)C(C(=O)OC(C)CC)=CC1=O. The van der Waals surface area contributed by atoms with Crippen LogP contribution in [0, 0.1) is 0 Å². The van der Waals surface area contributed by atoms with Crippen LogP contribution in [-0.2, 0) is 28.7 Å². The van der Waals surface area contributed by atoms with Crippen LogP contribution in [0.1, 0.15) is 40.5 Å². The number of ether oxygens (including phenoxy) is 2. The van der Waals surface area contributed by atoms with Crippen molar-refractivity contribution in [3.05, 3.63) is 23.3 Å². The average Bonchev–Trinajstić information content (AvgIpc) is 2.48. The second kappa shape index (κ2) is 7.68. The quantitative estimate of drug-likeness (QED) is 0.421. The average molecular weight is 308 g/mol. The molecule has 0 bridgehead atoms. The van der Waals surface area contributed by atoms with E-state index >= 15 is 0 Å². The number of carbonyl (C=O) groups excluding carboxylic acids is 4. The lowest BCUT2D eigenvalue weighted by atomic mass is 9.97. The summed E-state index contributed by atoms with van der Waals surface area (Å²) >= 11 is 0. The van der Waals surface area contributed by atoms with E-state index in [0.29, 0.717) is 12.8 Å². The molecule has 0 saturated carbocycles. The first-order chi connectivity index (χ1) is 10.3. The molecule has 6 heteroatoms. The van der Waals surface area contributed by atoms with Gasteiger partial charge < -0.3 is 9.47 Å². The summed E-state index contributed by atoms with van der Waals surface area (Å²) in [5, 5.41) is 0. The Labute approximate surface area is 129 Å². The summed E-state index contributed by atoms with van der Waals surface area (Å²) in [6.07, 6.45) is 2.11. The second-order valence-electron chi connectivity index (χ2n) is 5.09. The standard InChI is InChI=1S/C16H20O6/c1-5-9(3)21-15(19)11-7-14(18)12(8-13(11)17)16(20)22-10(4)6-2/h7-10H,5-6H2,1-4H3. The number of hydrogen-bond donors (Lipinski definition) is 0. The van der Waals surface area contributed by atoms with E-state index in [4.69, 9.17) is 9.47 Å². The third kappa shape index (κ3) is 4.38. The maximum Gasteiger partial charge on any atom is 0.342 e. The molecule has 0 fully saturated rings. The monoisotopic (exact) mass is 308 g/mol. The molecule has 0 spiro atoms. The van der Waals surface area contributed by atoms with Crippen LogP contribution >= 0.6 is 0 Å². The molecule has 0 aliphatic heterocycles. The minimum absolute atomic E-state index is 0.364. The molecule has 22 heavy (non-hydrogen) atoms. The van der Waals surface area contributed by atoms with E-state index in [0.717, 1.165) is 12.2 Å². The van der Waals surface area contributed by atoms with Crippen LogP contribution in [0.5, 0.6) is 0 Å². The van der Waals surface area contributed by atoms with Gasteiger partial charge in [-0.15, -0.1) is 0 Å². The molecule has 0 radical (unpaired) electrons. The highest BCUT2D eigenvalue weighted by molar-refractivity contribution is 6.35. The first-order valence-corrected chi connectivity index (χ1v) is 7.24. The molecule has 0 amide bonds. The fraction of sp³-hybridized carbons (Fsp3) is 0.500. The Kier molecular flexibility index (Phi) is 6.22. The van der Waals surface area contributed by atoms with E-state index in [1.807, 2.05) is 13.8 Å². The smallest absolute Gasteiger partial charge is 0.342 e. The van der Waals surface area contributed by atoms with Gasteiger partial charge >= 0.3 is 11.9 Å². The zero-order valence-electron chi connectivity index (χ0n) is 13.2. The van der Waals surface area contributed by atoms with E-state index in [9.17, 15) is 19.2 Å². The highest BCUT2D eigenvalue weighted by Gasteiger charge is 2.31. The van der Waals surface area contributed by atoms with Crippen molar-refractivity contribution in [3.63, 3.8) is 0 Å². The van der Waals surface area contributed by atoms with Gasteiger partial charge in [-0.25, -0.2) is 9.59 Å². The van der Waals surface area contributed by atoms with E-state index in [1.54, 1.807) is 13.8 Å². The number of esters is 2. The van der Waals surface area contributed by atoms with Crippen molar-refractivity contribution in [3.8, 4) is 0 Å². The Morgan fingerprint density at radius 1 is 0.864 bits per heavy atom. The summed E-state index contributed by atoms with van der Waals surface area (Å²) in [5.41, 5.74) is -0.740. The van der Waals surface area contributed by atoms with Crippen molar-refractivity contribution in [2.75, 3.05) is 0 Å². The maximum absolute atomic E-state index is 11.9. The fourth-order valence-electron chi connectivity index (χ4n) is 1.54. The van der Waals surface area contributed by atoms with Gasteiger partial charge in [0.1, 0.15) is 11.1 Å². The van der Waals surface area contributed by atoms with Gasteiger partial charge in [0.2, 0.25) is 0 Å². The Morgan fingerprint density at radius 2 is 1.18 bits per heavy atom. The second-order valence-corrected chi connectivity index (χ2v) is 5.09. The number of rotatable bonds is 6. The fourth-order valence-corrected chi connectivity index (χ4v) is 1.54. The van der Waals surface area contributed by atoms with Gasteiger partial charge in [-0.1, -0.05) is 13.8 Å². The Hall–Kier alpha value is -2.24. The lowest BCUT2D eigenvalue weighted by Gasteiger charge is -2.15. The molecule has 0 N–H and O–H groups in total. The third-order valence-electron chi connectivity index (χ3n) is 3.29. The number of ketones is 2. The van der Waals surface area contributed by atoms with Crippen molar-refractivity contribution in [1.82, 2.24) is 0 Å². The van der Waals surface area contributed by atoms with Crippen LogP contribution < -0.4 is 0 Å². The Morgan fingerprint density at radius 3 is 1.45 bits per heavy atom. The predicted molar refractivity (Wildman–Crippen MR) is 77.9 cm³/mol. The van der Waals surface area contributed by atoms with Gasteiger partial charge in [0.05, 0.1) is 12.2 Å². The van der Waals surface area contributed by atoms with E-state index in [1.165, 1.54) is 0 Å². The summed E-state index contributed by atoms with van der Waals surface area (Å²) in [6.45, 7) is 7.00. The summed E-state index contributed by atoms with van der Waals surface area (Å²) in [7, 11) is 0. The molecule has 120 valence electrons. The van der Waals surface area contributed by atoms with Crippen LogP contribution in [0.3, 0.4) is 0 Å². The zero-order chi connectivity index (χ0) is 16.9. The summed E-state index contributed by atoms with van der Waals surface area (Å²) in [4.78, 5) is 47.5. The molecule has 1 aliphatic rings. The van der Waals surface area contributed by atoms with Gasteiger partial charge in [0.15, 0.2) is 11.6 Å². The lowest BCUT2D eigenvalue weighted by molar-refractivity contribution is -0.147. The summed E-state index contributed by atoms with van der Waals surface area (Å²) in [6, 6.07) is 0. The first-order valence-electron chi connectivity index (χ1n) is 7.24. The molecule has 0 aromatic rings. The lowest BCUT2D eigenvalue weighted by Crippen LogP contribution is -2.27. The van der Waals surface area contributed by atoms with Crippen molar-refractivity contribution in [2.45, 2.75) is 52.7 Å². The van der Waals surface area contributed by atoms with Gasteiger partial charge in [0.25, 0.3) is 0 Å². The van der Waals surface area contributed by atoms with Crippen molar-refractivity contribution < 1.29 is 28.7 Å². The maximum atomic E-state index is 11.9. The molecule has 6 nitrogen and oxygen atoms in total. The van der Waals surface area contributed by atoms with Gasteiger partial charge in [0, 0.05) is 12.2 Å². The van der Waals surface area contributed by atoms with Gasteiger partial charge in [-0.2, -0.15) is 0 Å². The van der Waals surface area contributed by atoms with Gasteiger partial charge in [-0.3, -0.25) is 9.59 Å². The van der Waals surface area contributed by atoms with E-state index in [-0.39, 0.29) is 23.4 Å². The number of hydrogen-bond acceptors (Lipinski definition) is 6. The summed E-state index contributed by atoms with van der Waals surface area (Å²) < 4.78 is 10.0. The highest BCUT2D eigenvalue weighted by atomic mass is 16.5. The topological polar surface area (TPSA) is 86.7 Å². The molecule has 0 saturated heterocycles. The zero-order valence-corrected chi connectivity index (χ0v) is 13.2. The third-order valence-corrected chi connectivity index (χ3v) is 3.29. The van der Waals surface area contributed by atoms with E-state index < -0.39 is 23.5 Å². The minimum atomic E-state index is -0.863. The normalized spacial score (nSPS) is 17.3. The highest BCUT2D eigenvalue weighted by Crippen LogP contribution is 2.16. The molecular weight excluding hydrogens is 288 g/mol. The minimum Gasteiger partial charge on any atom is -0.459 e. The molecule has 2 unspecified atom stereocenters. The molecule has 0 aromatic carbocycles. The van der Waals surface area contributed by atoms with Crippen LogP contribution in [0.15, 0.2) is 23.3 Å². The van der Waals surface area contributed by atoms with Crippen molar-refractivity contribution in [1.29, 1.82) is 0 Å². The van der Waals surface area contributed by atoms with Crippen LogP contribution in [0.4, 0.5) is 0 Å².